The van der Waals surface area contributed by atoms with E-state index >= 15 is 0 Å². The summed E-state index contributed by atoms with van der Waals surface area (Å²) in [4.78, 5) is 45.0. The molecule has 0 radical (unpaired) electrons. The number of para-hydroxylation sites is 1. The summed E-state index contributed by atoms with van der Waals surface area (Å²) >= 11 is 0. The minimum atomic E-state index is -0.522. The number of likely N-dealkylation sites (N-methyl/N-ethyl adjacent to an activating group) is 1. The number of carbonyl (C=O) groups is 2. The number of amides is 1. The molecule has 8 heteroatoms. The first-order chi connectivity index (χ1) is 15.0. The third-order valence-corrected chi connectivity index (χ3v) is 5.74. The van der Waals surface area contributed by atoms with Gasteiger partial charge in [-0.2, -0.15) is 0 Å². The Bertz CT molecular complexity index is 1110. The summed E-state index contributed by atoms with van der Waals surface area (Å²) in [6, 6.07) is 14.6. The van der Waals surface area contributed by atoms with Crippen LogP contribution in [0.15, 0.2) is 57.7 Å². The zero-order valence-electron chi connectivity index (χ0n) is 17.5. The number of benzene rings is 2. The van der Waals surface area contributed by atoms with Gasteiger partial charge in [0.25, 0.3) is 0 Å². The van der Waals surface area contributed by atoms with E-state index in [1.807, 2.05) is 30.3 Å². The van der Waals surface area contributed by atoms with E-state index in [9.17, 15) is 14.4 Å². The van der Waals surface area contributed by atoms with Crippen LogP contribution in [0.1, 0.15) is 16.8 Å². The van der Waals surface area contributed by atoms with E-state index in [0.717, 1.165) is 31.9 Å². The van der Waals surface area contributed by atoms with Gasteiger partial charge in [-0.15, -0.1) is 0 Å². The summed E-state index contributed by atoms with van der Waals surface area (Å²) in [5.41, 5.74) is 2.42. The highest BCUT2D eigenvalue weighted by Gasteiger charge is 2.21. The zero-order valence-corrected chi connectivity index (χ0v) is 17.5. The van der Waals surface area contributed by atoms with Crippen molar-refractivity contribution in [3.63, 3.8) is 0 Å². The van der Waals surface area contributed by atoms with Crippen LogP contribution >= 0.6 is 0 Å². The summed E-state index contributed by atoms with van der Waals surface area (Å²) in [7, 11) is 1.80. The van der Waals surface area contributed by atoms with Gasteiger partial charge in [-0.05, 0) is 30.3 Å². The summed E-state index contributed by atoms with van der Waals surface area (Å²) in [6.45, 7) is 4.29. The quantitative estimate of drug-likeness (QED) is 0.586. The van der Waals surface area contributed by atoms with Crippen molar-refractivity contribution in [3.8, 4) is 0 Å². The first-order valence-corrected chi connectivity index (χ1v) is 10.4. The number of fused-ring (bicyclic) bond motifs is 1. The van der Waals surface area contributed by atoms with Gasteiger partial charge < -0.3 is 14.2 Å². The van der Waals surface area contributed by atoms with E-state index < -0.39 is 5.76 Å². The molecule has 1 aliphatic heterocycles. The van der Waals surface area contributed by atoms with Gasteiger partial charge in [0, 0.05) is 57.4 Å². The molecule has 1 amide bonds. The molecule has 4 rings (SSSR count). The highest BCUT2D eigenvalue weighted by Crippen LogP contribution is 2.15. The van der Waals surface area contributed by atoms with E-state index in [1.54, 1.807) is 30.1 Å². The number of oxazole rings is 1. The fourth-order valence-corrected chi connectivity index (χ4v) is 3.79. The molecule has 1 aliphatic rings. The number of rotatable bonds is 7. The van der Waals surface area contributed by atoms with Crippen LogP contribution in [0.25, 0.3) is 11.1 Å². The van der Waals surface area contributed by atoms with E-state index in [4.69, 9.17) is 4.42 Å². The number of H-pyrrole nitrogens is 1. The molecular formula is C23H26N4O4. The molecule has 1 aromatic heterocycles. The van der Waals surface area contributed by atoms with Crippen molar-refractivity contribution in [2.24, 2.45) is 0 Å². The number of carbonyl (C=O) groups excluding carboxylic acids is 2. The Morgan fingerprint density at radius 1 is 1.03 bits per heavy atom. The Morgan fingerprint density at radius 2 is 1.74 bits per heavy atom. The van der Waals surface area contributed by atoms with Crippen molar-refractivity contribution in [1.29, 1.82) is 0 Å². The third kappa shape index (κ3) is 5.10. The molecule has 3 aromatic rings. The molecule has 0 saturated carbocycles. The second-order valence-corrected chi connectivity index (χ2v) is 7.80. The SMILES string of the molecule is CN(C(=O)CN1CCN(CCC(=O)c2ccc3[nH]c(=O)oc3c2)CC1)c1ccccc1. The number of hydrogen-bond donors (Lipinski definition) is 1. The lowest BCUT2D eigenvalue weighted by Gasteiger charge is -2.34. The largest absolute Gasteiger partial charge is 0.417 e. The minimum absolute atomic E-state index is 0.0212. The van der Waals surface area contributed by atoms with Crippen molar-refractivity contribution in [2.45, 2.75) is 6.42 Å². The maximum absolute atomic E-state index is 12.6. The van der Waals surface area contributed by atoms with Crippen LogP contribution in [0.2, 0.25) is 0 Å². The van der Waals surface area contributed by atoms with Crippen LogP contribution in [-0.2, 0) is 4.79 Å². The maximum atomic E-state index is 12.6. The molecule has 2 heterocycles. The van der Waals surface area contributed by atoms with E-state index in [0.29, 0.717) is 36.2 Å². The molecule has 1 saturated heterocycles. The van der Waals surface area contributed by atoms with Crippen LogP contribution in [0, 0.1) is 0 Å². The van der Waals surface area contributed by atoms with Gasteiger partial charge in [0.05, 0.1) is 12.1 Å². The monoisotopic (exact) mass is 422 g/mol. The standard InChI is InChI=1S/C23H26N4O4/c1-25(18-5-3-2-4-6-18)22(29)16-27-13-11-26(12-14-27)10-9-20(28)17-7-8-19-21(15-17)31-23(30)24-19/h2-8,15H,9-14,16H2,1H3,(H,24,30). The van der Waals surface area contributed by atoms with Gasteiger partial charge >= 0.3 is 5.76 Å². The zero-order chi connectivity index (χ0) is 21.8. The third-order valence-electron chi connectivity index (χ3n) is 5.74. The normalized spacial score (nSPS) is 15.3. The summed E-state index contributed by atoms with van der Waals surface area (Å²) in [5, 5.41) is 0. The average Bonchev–Trinajstić information content (AvgIpc) is 3.17. The number of hydrogen-bond acceptors (Lipinski definition) is 6. The summed E-state index contributed by atoms with van der Waals surface area (Å²) in [5.74, 6) is -0.430. The molecule has 0 aliphatic carbocycles. The Hall–Kier alpha value is -3.23. The van der Waals surface area contributed by atoms with Crippen molar-refractivity contribution >= 4 is 28.5 Å². The number of aromatic amines is 1. The molecule has 2 aromatic carbocycles. The average molecular weight is 422 g/mol. The van der Waals surface area contributed by atoms with Crippen molar-refractivity contribution in [2.75, 3.05) is 51.2 Å². The van der Waals surface area contributed by atoms with Crippen LogP contribution in [0.4, 0.5) is 5.69 Å². The molecule has 0 bridgehead atoms. The number of aromatic nitrogens is 1. The number of Topliss-reactive ketones (excluding diaryl/α,β-unsaturated/α-hetero) is 1. The fraction of sp³-hybridized carbons (Fsp3) is 0.348. The van der Waals surface area contributed by atoms with Gasteiger partial charge in [0.2, 0.25) is 5.91 Å². The molecule has 0 spiro atoms. The Kier molecular flexibility index (Phi) is 6.29. The first kappa shape index (κ1) is 21.0. The molecular weight excluding hydrogens is 396 g/mol. The van der Waals surface area contributed by atoms with Crippen molar-refractivity contribution in [3.05, 3.63) is 64.6 Å². The highest BCUT2D eigenvalue weighted by molar-refractivity contribution is 5.98. The molecule has 162 valence electrons. The number of nitrogens with zero attached hydrogens (tertiary/aromatic N) is 3. The number of ketones is 1. The van der Waals surface area contributed by atoms with Crippen LogP contribution in [0.5, 0.6) is 0 Å². The predicted molar refractivity (Wildman–Crippen MR) is 119 cm³/mol. The van der Waals surface area contributed by atoms with Gasteiger partial charge in [-0.25, -0.2) is 4.79 Å². The first-order valence-electron chi connectivity index (χ1n) is 10.4. The molecule has 0 atom stereocenters. The Balaban J connectivity index is 1.23. The highest BCUT2D eigenvalue weighted by atomic mass is 16.4. The second kappa shape index (κ2) is 9.28. The van der Waals surface area contributed by atoms with Crippen LogP contribution in [0.3, 0.4) is 0 Å². The topological polar surface area (TPSA) is 89.9 Å². The van der Waals surface area contributed by atoms with E-state index in [-0.39, 0.29) is 11.7 Å². The second-order valence-electron chi connectivity index (χ2n) is 7.80. The predicted octanol–water partition coefficient (Wildman–Crippen LogP) is 1.97. The molecule has 0 unspecified atom stereocenters. The van der Waals surface area contributed by atoms with E-state index in [1.165, 1.54) is 0 Å². The summed E-state index contributed by atoms with van der Waals surface area (Å²) in [6.07, 6.45) is 0.399. The Morgan fingerprint density at radius 3 is 2.48 bits per heavy atom. The van der Waals surface area contributed by atoms with Gasteiger partial charge in [0.15, 0.2) is 11.4 Å². The fourth-order valence-electron chi connectivity index (χ4n) is 3.79. The number of anilines is 1. The lowest BCUT2D eigenvalue weighted by atomic mass is 10.1. The lowest BCUT2D eigenvalue weighted by molar-refractivity contribution is -0.119. The number of piperazine rings is 1. The molecule has 31 heavy (non-hydrogen) atoms. The smallest absolute Gasteiger partial charge is 0.408 e. The van der Waals surface area contributed by atoms with Crippen LogP contribution in [-0.4, -0.2) is 72.8 Å². The lowest BCUT2D eigenvalue weighted by Crippen LogP contribution is -2.50. The van der Waals surface area contributed by atoms with Crippen LogP contribution < -0.4 is 10.7 Å². The van der Waals surface area contributed by atoms with Gasteiger partial charge in [0.1, 0.15) is 0 Å². The molecule has 1 N–H and O–H groups in total. The summed E-state index contributed by atoms with van der Waals surface area (Å²) < 4.78 is 5.03. The van der Waals surface area contributed by atoms with E-state index in [2.05, 4.69) is 14.8 Å². The van der Waals surface area contributed by atoms with Gasteiger partial charge in [-0.1, -0.05) is 18.2 Å². The van der Waals surface area contributed by atoms with Crippen molar-refractivity contribution in [1.82, 2.24) is 14.8 Å². The maximum Gasteiger partial charge on any atom is 0.417 e. The van der Waals surface area contributed by atoms with Gasteiger partial charge in [-0.3, -0.25) is 19.5 Å². The minimum Gasteiger partial charge on any atom is -0.408 e. The molecule has 1 fully saturated rings. The number of nitrogens with one attached hydrogen (secondary N) is 1. The Labute approximate surface area is 180 Å². The van der Waals surface area contributed by atoms with Crippen molar-refractivity contribution < 1.29 is 14.0 Å². The molecule has 8 nitrogen and oxygen atoms in total.